The van der Waals surface area contributed by atoms with Crippen LogP contribution in [0.15, 0.2) is 18.2 Å². The van der Waals surface area contributed by atoms with Crippen LogP contribution in [0.1, 0.15) is 66.4 Å². The number of hydrogen-bond acceptors (Lipinski definition) is 5. The number of benzene rings is 1. The second-order valence-corrected chi connectivity index (χ2v) is 9.05. The van der Waals surface area contributed by atoms with Crippen LogP contribution in [-0.2, 0) is 22.7 Å². The van der Waals surface area contributed by atoms with Crippen molar-refractivity contribution in [2.45, 2.75) is 75.2 Å². The number of carbonyl (C=O) groups excluding carboxylic acids is 3. The number of nitrogens with two attached hydrogens (primary N) is 1. The second kappa shape index (κ2) is 6.12. The maximum absolute atomic E-state index is 12.9. The van der Waals surface area contributed by atoms with Gasteiger partial charge < -0.3 is 16.0 Å². The predicted molar refractivity (Wildman–Crippen MR) is 102 cm³/mol. The molecule has 2 bridgehead atoms. The van der Waals surface area contributed by atoms with Crippen molar-refractivity contribution in [3.63, 3.8) is 0 Å². The lowest BCUT2D eigenvalue weighted by molar-refractivity contribution is -0.136. The Morgan fingerprint density at radius 1 is 1.21 bits per heavy atom. The number of fused-ring (bicyclic) bond motifs is 3. The van der Waals surface area contributed by atoms with Crippen molar-refractivity contribution in [2.75, 3.05) is 0 Å². The summed E-state index contributed by atoms with van der Waals surface area (Å²) < 4.78 is 0. The lowest BCUT2D eigenvalue weighted by Crippen LogP contribution is -2.70. The Bertz CT molecular complexity index is 874. The van der Waals surface area contributed by atoms with Crippen LogP contribution in [0.4, 0.5) is 0 Å². The number of nitrogens with zero attached hydrogens (tertiary/aromatic N) is 1. The van der Waals surface area contributed by atoms with Gasteiger partial charge in [0.2, 0.25) is 11.8 Å². The first-order valence-corrected chi connectivity index (χ1v) is 10.2. The monoisotopic (exact) mass is 382 g/mol. The topological polar surface area (TPSA) is 105 Å². The highest BCUT2D eigenvalue weighted by atomic mass is 16.2. The zero-order valence-corrected chi connectivity index (χ0v) is 15.9. The van der Waals surface area contributed by atoms with E-state index in [2.05, 4.69) is 16.7 Å². The zero-order chi connectivity index (χ0) is 19.5. The van der Waals surface area contributed by atoms with Gasteiger partial charge in [-0.25, -0.2) is 0 Å². The van der Waals surface area contributed by atoms with Gasteiger partial charge in [-0.1, -0.05) is 12.1 Å². The summed E-state index contributed by atoms with van der Waals surface area (Å²) in [4.78, 5) is 38.2. The summed E-state index contributed by atoms with van der Waals surface area (Å²) in [5.41, 5.74) is 9.31. The van der Waals surface area contributed by atoms with Crippen LogP contribution in [-0.4, -0.2) is 39.7 Å². The van der Waals surface area contributed by atoms with Crippen molar-refractivity contribution >= 4 is 17.7 Å². The molecule has 3 amide bonds. The number of amides is 3. The summed E-state index contributed by atoms with van der Waals surface area (Å²) in [6.07, 6.45) is 6.15. The molecular weight excluding hydrogens is 356 g/mol. The minimum atomic E-state index is -0.570. The van der Waals surface area contributed by atoms with Gasteiger partial charge in [-0.2, -0.15) is 0 Å². The summed E-state index contributed by atoms with van der Waals surface area (Å²) in [6.45, 7) is 1.13. The van der Waals surface area contributed by atoms with Crippen molar-refractivity contribution in [3.8, 4) is 0 Å². The van der Waals surface area contributed by atoms with Crippen LogP contribution >= 0.6 is 0 Å². The average Bonchev–Trinajstić information content (AvgIpc) is 2.97. The van der Waals surface area contributed by atoms with Crippen LogP contribution in [0.5, 0.6) is 0 Å². The van der Waals surface area contributed by atoms with Crippen molar-refractivity contribution in [1.82, 2.24) is 15.5 Å². The quantitative estimate of drug-likeness (QED) is 0.673. The number of piperidine rings is 1. The van der Waals surface area contributed by atoms with E-state index in [1.54, 1.807) is 4.90 Å². The van der Waals surface area contributed by atoms with Gasteiger partial charge in [0.05, 0.1) is 0 Å². The molecule has 0 aromatic heterocycles. The molecule has 0 radical (unpaired) electrons. The first kappa shape index (κ1) is 17.8. The van der Waals surface area contributed by atoms with Crippen LogP contribution in [0.25, 0.3) is 0 Å². The highest BCUT2D eigenvalue weighted by molar-refractivity contribution is 6.05. The highest BCUT2D eigenvalue weighted by Crippen LogP contribution is 2.50. The van der Waals surface area contributed by atoms with Gasteiger partial charge in [0.25, 0.3) is 5.91 Å². The van der Waals surface area contributed by atoms with Crippen molar-refractivity contribution < 1.29 is 14.4 Å². The molecule has 4 N–H and O–H groups in total. The summed E-state index contributed by atoms with van der Waals surface area (Å²) in [7, 11) is 0. The van der Waals surface area contributed by atoms with E-state index in [1.807, 2.05) is 12.1 Å². The molecular formula is C21H26N4O3. The lowest BCUT2D eigenvalue weighted by Gasteiger charge is -2.59. The van der Waals surface area contributed by atoms with E-state index < -0.39 is 6.04 Å². The Balaban J connectivity index is 1.32. The number of hydrogen-bond donors (Lipinski definition) is 3. The highest BCUT2D eigenvalue weighted by Gasteiger charge is 2.54. The number of nitrogens with one attached hydrogen (secondary N) is 2. The summed E-state index contributed by atoms with van der Waals surface area (Å²) in [5.74, 6) is -0.753. The van der Waals surface area contributed by atoms with Crippen LogP contribution in [0.2, 0.25) is 0 Å². The minimum Gasteiger partial charge on any atom is -0.325 e. The van der Waals surface area contributed by atoms with Crippen LogP contribution in [0, 0.1) is 0 Å². The first-order chi connectivity index (χ1) is 13.4. The molecule has 7 nitrogen and oxygen atoms in total. The maximum atomic E-state index is 12.9. The Morgan fingerprint density at radius 2 is 2.04 bits per heavy atom. The molecule has 1 aromatic rings. The third kappa shape index (κ3) is 2.76. The minimum absolute atomic E-state index is 0.0163. The standard InChI is InChI=1S/C21H26N4O3/c22-20-7-2-8-21(11-20,12-20)23-9-13-3-1-4-14-15(13)10-25(19(14)28)16-5-6-17(26)24-18(16)27/h1,3-4,16,23H,2,5-12,22H2,(H,24,26,27). The Morgan fingerprint density at radius 3 is 2.79 bits per heavy atom. The Kier molecular flexibility index (Phi) is 3.90. The molecule has 0 spiro atoms. The fourth-order valence-corrected chi connectivity index (χ4v) is 5.74. The van der Waals surface area contributed by atoms with Gasteiger partial charge in [-0.05, 0) is 55.7 Å². The third-order valence-corrected chi connectivity index (χ3v) is 7.04. The first-order valence-electron chi connectivity index (χ1n) is 10.2. The van der Waals surface area contributed by atoms with Crippen molar-refractivity contribution in [3.05, 3.63) is 34.9 Å². The lowest BCUT2D eigenvalue weighted by atomic mass is 9.55. The summed E-state index contributed by atoms with van der Waals surface area (Å²) >= 11 is 0. The fourth-order valence-electron chi connectivity index (χ4n) is 5.74. The van der Waals surface area contributed by atoms with E-state index in [4.69, 9.17) is 5.73 Å². The van der Waals surface area contributed by atoms with Crippen LogP contribution < -0.4 is 16.4 Å². The molecule has 1 aromatic carbocycles. The second-order valence-electron chi connectivity index (χ2n) is 9.05. The molecule has 2 heterocycles. The van der Waals surface area contributed by atoms with Gasteiger partial charge >= 0.3 is 0 Å². The van der Waals surface area contributed by atoms with E-state index in [0.717, 1.165) is 43.2 Å². The molecule has 5 aliphatic rings. The Labute approximate surface area is 164 Å². The maximum Gasteiger partial charge on any atom is 0.255 e. The summed E-state index contributed by atoms with van der Waals surface area (Å²) in [5, 5.41) is 6.08. The Hall–Kier alpha value is -2.25. The van der Waals surface area contributed by atoms with Gasteiger partial charge in [-0.3, -0.25) is 19.7 Å². The van der Waals surface area contributed by atoms with E-state index >= 15 is 0 Å². The number of rotatable bonds is 4. The van der Waals surface area contributed by atoms with Gasteiger partial charge in [0.1, 0.15) is 6.04 Å². The van der Waals surface area contributed by atoms with E-state index in [-0.39, 0.29) is 35.2 Å². The predicted octanol–water partition coefficient (Wildman–Crippen LogP) is 0.951. The number of imide groups is 1. The normalized spacial score (nSPS) is 34.1. The van der Waals surface area contributed by atoms with Gasteiger partial charge in [-0.15, -0.1) is 0 Å². The average molecular weight is 382 g/mol. The van der Waals surface area contributed by atoms with E-state index in [9.17, 15) is 14.4 Å². The molecule has 2 aliphatic heterocycles. The largest absolute Gasteiger partial charge is 0.325 e. The SMILES string of the molecule is NC12CCCC(NCc3cccc4c3CN(C3CCC(=O)NC3=O)C4=O)(C1)C2. The summed E-state index contributed by atoms with van der Waals surface area (Å²) in [6, 6.07) is 5.23. The molecule has 4 fully saturated rings. The van der Waals surface area contributed by atoms with E-state index in [1.165, 1.54) is 0 Å². The molecule has 3 saturated carbocycles. The molecule has 1 saturated heterocycles. The zero-order valence-electron chi connectivity index (χ0n) is 15.9. The van der Waals surface area contributed by atoms with Crippen molar-refractivity contribution in [2.24, 2.45) is 5.73 Å². The van der Waals surface area contributed by atoms with Gasteiger partial charge in [0.15, 0.2) is 0 Å². The molecule has 148 valence electrons. The molecule has 28 heavy (non-hydrogen) atoms. The van der Waals surface area contributed by atoms with Crippen LogP contribution in [0.3, 0.4) is 0 Å². The molecule has 1 unspecified atom stereocenters. The molecule has 7 heteroatoms. The molecule has 6 rings (SSSR count). The fraction of sp³-hybridized carbons (Fsp3) is 0.571. The number of carbonyl (C=O) groups is 3. The van der Waals surface area contributed by atoms with Crippen molar-refractivity contribution in [1.29, 1.82) is 0 Å². The molecule has 1 atom stereocenters. The molecule has 3 aliphatic carbocycles. The van der Waals surface area contributed by atoms with E-state index in [0.29, 0.717) is 25.1 Å². The third-order valence-electron chi connectivity index (χ3n) is 7.04. The smallest absolute Gasteiger partial charge is 0.255 e. The van der Waals surface area contributed by atoms with Gasteiger partial charge in [0, 0.05) is 36.2 Å².